The SMILES string of the molecule is CC(C)(C)OC(=O)N1CC=C(c2ccc(CC(=O)Nc3cc(O[C@@H]4CCOC4)c(Cl)cn3)cn2)CC1. The van der Waals surface area contributed by atoms with Gasteiger partial charge in [0.15, 0.2) is 0 Å². The number of carbonyl (C=O) groups is 2. The van der Waals surface area contributed by atoms with Crippen molar-refractivity contribution in [2.24, 2.45) is 0 Å². The molecule has 0 aromatic carbocycles. The van der Waals surface area contributed by atoms with Gasteiger partial charge in [-0.15, -0.1) is 0 Å². The largest absolute Gasteiger partial charge is 0.486 e. The Labute approximate surface area is 215 Å². The van der Waals surface area contributed by atoms with Crippen LogP contribution >= 0.6 is 11.6 Å². The third kappa shape index (κ3) is 7.18. The number of rotatable bonds is 6. The second-order valence-corrected chi connectivity index (χ2v) is 10.2. The minimum Gasteiger partial charge on any atom is -0.486 e. The van der Waals surface area contributed by atoms with Gasteiger partial charge in [-0.2, -0.15) is 0 Å². The number of nitrogens with zero attached hydrogens (tertiary/aromatic N) is 3. The first-order valence-electron chi connectivity index (χ1n) is 12.0. The standard InChI is InChI=1S/C26H31ClN4O5/c1-26(2,3)36-25(33)31-9-6-18(7-10-31)21-5-4-17(14-28-21)12-24(32)30-23-13-22(20(27)15-29-23)35-19-8-11-34-16-19/h4-6,13-15,19H,7-12,16H2,1-3H3,(H,29,30,32)/t19-/m1/s1. The predicted octanol–water partition coefficient (Wildman–Crippen LogP) is 4.50. The van der Waals surface area contributed by atoms with Crippen molar-refractivity contribution < 1.29 is 23.8 Å². The summed E-state index contributed by atoms with van der Waals surface area (Å²) in [7, 11) is 0. The number of hydrogen-bond donors (Lipinski definition) is 1. The molecule has 36 heavy (non-hydrogen) atoms. The molecule has 1 saturated heterocycles. The highest BCUT2D eigenvalue weighted by molar-refractivity contribution is 6.32. The Morgan fingerprint density at radius 2 is 2.08 bits per heavy atom. The predicted molar refractivity (Wildman–Crippen MR) is 136 cm³/mol. The van der Waals surface area contributed by atoms with E-state index < -0.39 is 5.60 Å². The van der Waals surface area contributed by atoms with Crippen molar-refractivity contribution in [3.63, 3.8) is 0 Å². The number of anilines is 1. The van der Waals surface area contributed by atoms with Crippen molar-refractivity contribution in [1.82, 2.24) is 14.9 Å². The molecule has 1 fully saturated rings. The van der Waals surface area contributed by atoms with E-state index in [0.717, 1.165) is 23.3 Å². The Hall–Kier alpha value is -3.17. The molecule has 0 radical (unpaired) electrons. The van der Waals surface area contributed by atoms with Crippen LogP contribution in [0.3, 0.4) is 0 Å². The average Bonchev–Trinajstić information content (AvgIpc) is 3.34. The topological polar surface area (TPSA) is 103 Å². The van der Waals surface area contributed by atoms with Crippen LogP contribution in [0.1, 0.15) is 44.9 Å². The number of carbonyl (C=O) groups excluding carboxylic acids is 2. The van der Waals surface area contributed by atoms with Crippen LogP contribution in [0, 0.1) is 0 Å². The Kier molecular flexibility index (Phi) is 8.11. The molecule has 2 aromatic rings. The van der Waals surface area contributed by atoms with Crippen molar-refractivity contribution in [2.75, 3.05) is 31.6 Å². The summed E-state index contributed by atoms with van der Waals surface area (Å²) in [6, 6.07) is 5.40. The Morgan fingerprint density at radius 3 is 2.72 bits per heavy atom. The number of hydrogen-bond acceptors (Lipinski definition) is 7. The van der Waals surface area contributed by atoms with E-state index in [1.807, 2.05) is 39.0 Å². The molecule has 2 aliphatic heterocycles. The number of pyridine rings is 2. The summed E-state index contributed by atoms with van der Waals surface area (Å²) in [5.41, 5.74) is 2.16. The normalized spacial score (nSPS) is 17.9. The zero-order valence-electron chi connectivity index (χ0n) is 20.8. The molecule has 0 aliphatic carbocycles. The van der Waals surface area contributed by atoms with E-state index in [1.54, 1.807) is 17.2 Å². The molecule has 1 atom stereocenters. The molecule has 2 aliphatic rings. The van der Waals surface area contributed by atoms with Crippen molar-refractivity contribution in [3.05, 3.63) is 52.9 Å². The van der Waals surface area contributed by atoms with E-state index >= 15 is 0 Å². The molecule has 0 saturated carbocycles. The molecule has 4 rings (SSSR count). The lowest BCUT2D eigenvalue weighted by Gasteiger charge is -2.29. The van der Waals surface area contributed by atoms with Gasteiger partial charge in [0.05, 0.1) is 31.5 Å². The van der Waals surface area contributed by atoms with E-state index in [9.17, 15) is 9.59 Å². The van der Waals surface area contributed by atoms with E-state index in [0.29, 0.717) is 49.3 Å². The fourth-order valence-corrected chi connectivity index (χ4v) is 4.00. The summed E-state index contributed by atoms with van der Waals surface area (Å²) in [5, 5.41) is 3.16. The number of ether oxygens (including phenoxy) is 3. The van der Waals surface area contributed by atoms with E-state index in [-0.39, 0.29) is 24.5 Å². The van der Waals surface area contributed by atoms with Gasteiger partial charge < -0.3 is 24.4 Å². The number of aromatic nitrogens is 2. The number of halogens is 1. The van der Waals surface area contributed by atoms with E-state index in [1.165, 1.54) is 6.20 Å². The molecular weight excluding hydrogens is 484 g/mol. The molecule has 2 amide bonds. The molecule has 4 heterocycles. The number of amides is 2. The van der Waals surface area contributed by atoms with Gasteiger partial charge in [0.25, 0.3) is 0 Å². The summed E-state index contributed by atoms with van der Waals surface area (Å²) < 4.78 is 16.6. The molecular formula is C26H31ClN4O5. The van der Waals surface area contributed by atoms with Crippen LogP contribution in [0.2, 0.25) is 5.02 Å². The fraction of sp³-hybridized carbons (Fsp3) is 0.462. The van der Waals surface area contributed by atoms with Crippen LogP contribution in [0.15, 0.2) is 36.7 Å². The first kappa shape index (κ1) is 25.9. The lowest BCUT2D eigenvalue weighted by Crippen LogP contribution is -2.39. The smallest absolute Gasteiger partial charge is 0.410 e. The second kappa shape index (κ2) is 11.3. The Morgan fingerprint density at radius 1 is 1.25 bits per heavy atom. The van der Waals surface area contributed by atoms with Crippen LogP contribution in [0.25, 0.3) is 5.57 Å². The maximum Gasteiger partial charge on any atom is 0.410 e. The first-order valence-corrected chi connectivity index (χ1v) is 12.4. The zero-order chi connectivity index (χ0) is 25.7. The maximum absolute atomic E-state index is 12.6. The van der Waals surface area contributed by atoms with Gasteiger partial charge in [0, 0.05) is 31.8 Å². The summed E-state index contributed by atoms with van der Waals surface area (Å²) in [4.78, 5) is 35.2. The number of nitrogens with one attached hydrogen (secondary N) is 1. The zero-order valence-corrected chi connectivity index (χ0v) is 21.5. The van der Waals surface area contributed by atoms with Crippen molar-refractivity contribution in [3.8, 4) is 5.75 Å². The maximum atomic E-state index is 12.6. The Bertz CT molecular complexity index is 1120. The highest BCUT2D eigenvalue weighted by Gasteiger charge is 2.24. The molecule has 10 heteroatoms. The van der Waals surface area contributed by atoms with Gasteiger partial charge in [-0.25, -0.2) is 9.78 Å². The van der Waals surface area contributed by atoms with Crippen molar-refractivity contribution >= 4 is 35.0 Å². The minimum atomic E-state index is -0.519. The molecule has 0 unspecified atom stereocenters. The molecule has 9 nitrogen and oxygen atoms in total. The van der Waals surface area contributed by atoms with Gasteiger partial charge >= 0.3 is 6.09 Å². The van der Waals surface area contributed by atoms with Crippen LogP contribution in [-0.2, 0) is 20.7 Å². The highest BCUT2D eigenvalue weighted by Crippen LogP contribution is 2.28. The van der Waals surface area contributed by atoms with Crippen molar-refractivity contribution in [2.45, 2.75) is 51.7 Å². The van der Waals surface area contributed by atoms with Crippen molar-refractivity contribution in [1.29, 1.82) is 0 Å². The van der Waals surface area contributed by atoms with Gasteiger partial charge in [0.1, 0.15) is 28.3 Å². The summed E-state index contributed by atoms with van der Waals surface area (Å²) in [5.74, 6) is 0.610. The highest BCUT2D eigenvalue weighted by atomic mass is 35.5. The lowest BCUT2D eigenvalue weighted by molar-refractivity contribution is -0.115. The van der Waals surface area contributed by atoms with Gasteiger partial charge in [-0.1, -0.05) is 23.7 Å². The third-order valence-electron chi connectivity index (χ3n) is 5.65. The summed E-state index contributed by atoms with van der Waals surface area (Å²) >= 11 is 6.19. The minimum absolute atomic E-state index is 0.0577. The quantitative estimate of drug-likeness (QED) is 0.605. The molecule has 192 valence electrons. The third-order valence-corrected chi connectivity index (χ3v) is 5.93. The molecule has 0 spiro atoms. The summed E-state index contributed by atoms with van der Waals surface area (Å²) in [6.07, 6.45) is 6.40. The monoisotopic (exact) mass is 514 g/mol. The van der Waals surface area contributed by atoms with Crippen LogP contribution in [-0.4, -0.2) is 64.9 Å². The Balaban J connectivity index is 1.30. The van der Waals surface area contributed by atoms with Crippen LogP contribution < -0.4 is 10.1 Å². The second-order valence-electron chi connectivity index (χ2n) is 9.79. The fourth-order valence-electron chi connectivity index (χ4n) is 3.85. The summed E-state index contributed by atoms with van der Waals surface area (Å²) in [6.45, 7) is 7.78. The molecule has 1 N–H and O–H groups in total. The molecule has 0 bridgehead atoms. The van der Waals surface area contributed by atoms with Gasteiger partial charge in [-0.3, -0.25) is 9.78 Å². The van der Waals surface area contributed by atoms with Crippen LogP contribution in [0.4, 0.5) is 10.6 Å². The average molecular weight is 515 g/mol. The van der Waals surface area contributed by atoms with Crippen LogP contribution in [0.5, 0.6) is 5.75 Å². The first-order chi connectivity index (χ1) is 17.2. The van der Waals surface area contributed by atoms with E-state index in [2.05, 4.69) is 15.3 Å². The van der Waals surface area contributed by atoms with E-state index in [4.69, 9.17) is 25.8 Å². The lowest BCUT2D eigenvalue weighted by atomic mass is 10.0. The van der Waals surface area contributed by atoms with Gasteiger partial charge in [-0.05, 0) is 44.4 Å². The van der Waals surface area contributed by atoms with Gasteiger partial charge in [0.2, 0.25) is 5.91 Å². The molecule has 2 aromatic heterocycles.